The third-order valence-electron chi connectivity index (χ3n) is 5.11. The van der Waals surface area contributed by atoms with Crippen LogP contribution >= 0.6 is 22.9 Å². The van der Waals surface area contributed by atoms with Crippen LogP contribution in [0.3, 0.4) is 0 Å². The van der Waals surface area contributed by atoms with Gasteiger partial charge < -0.3 is 10.1 Å². The molecule has 1 aliphatic rings. The maximum atomic E-state index is 12.3. The predicted molar refractivity (Wildman–Crippen MR) is 101 cm³/mol. The van der Waals surface area contributed by atoms with Crippen LogP contribution in [0.5, 0.6) is 0 Å². The van der Waals surface area contributed by atoms with Gasteiger partial charge in [0.1, 0.15) is 4.88 Å². The summed E-state index contributed by atoms with van der Waals surface area (Å²) in [5.41, 5.74) is 0. The summed E-state index contributed by atoms with van der Waals surface area (Å²) in [6, 6.07) is 7.69. The molecule has 1 N–H and O–H groups in total. The maximum Gasteiger partial charge on any atom is 0.350 e. The van der Waals surface area contributed by atoms with Gasteiger partial charge in [-0.2, -0.15) is 0 Å². The number of amides is 1. The number of nitrogens with one attached hydrogen (secondary N) is 1. The second-order valence-corrected chi connectivity index (χ2v) is 8.19. The highest BCUT2D eigenvalue weighted by Gasteiger charge is 2.28. The van der Waals surface area contributed by atoms with Gasteiger partial charge in [0.2, 0.25) is 0 Å². The first kappa shape index (κ1) is 18.2. The number of esters is 1. The van der Waals surface area contributed by atoms with Crippen LogP contribution in [0, 0.1) is 11.8 Å². The van der Waals surface area contributed by atoms with Crippen molar-refractivity contribution >= 4 is 44.9 Å². The third-order valence-corrected chi connectivity index (χ3v) is 6.76. The molecular weight excluding hydrogens is 358 g/mol. The van der Waals surface area contributed by atoms with E-state index in [1.807, 2.05) is 24.3 Å². The topological polar surface area (TPSA) is 55.4 Å². The molecule has 134 valence electrons. The summed E-state index contributed by atoms with van der Waals surface area (Å²) >= 11 is 7.55. The minimum Gasteiger partial charge on any atom is -0.451 e. The zero-order chi connectivity index (χ0) is 18.0. The highest BCUT2D eigenvalue weighted by atomic mass is 35.5. The lowest BCUT2D eigenvalue weighted by molar-refractivity contribution is -0.125. The van der Waals surface area contributed by atoms with Gasteiger partial charge in [0.15, 0.2) is 6.61 Å². The Morgan fingerprint density at radius 3 is 2.80 bits per heavy atom. The largest absolute Gasteiger partial charge is 0.451 e. The summed E-state index contributed by atoms with van der Waals surface area (Å²) in [7, 11) is 0. The highest BCUT2D eigenvalue weighted by Crippen LogP contribution is 2.35. The summed E-state index contributed by atoms with van der Waals surface area (Å²) in [6.45, 7) is 4.10. The first-order valence-corrected chi connectivity index (χ1v) is 9.80. The van der Waals surface area contributed by atoms with Crippen molar-refractivity contribution in [1.82, 2.24) is 5.32 Å². The number of rotatable bonds is 4. The Hall–Kier alpha value is -1.59. The summed E-state index contributed by atoms with van der Waals surface area (Å²) in [4.78, 5) is 24.8. The normalized spacial score (nSPS) is 23.4. The van der Waals surface area contributed by atoms with Gasteiger partial charge in [-0.15, -0.1) is 11.3 Å². The van der Waals surface area contributed by atoms with Crippen LogP contribution in [-0.4, -0.2) is 24.5 Å². The Balaban J connectivity index is 1.58. The zero-order valence-electron chi connectivity index (χ0n) is 14.4. The van der Waals surface area contributed by atoms with Crippen molar-refractivity contribution in [2.45, 2.75) is 39.2 Å². The van der Waals surface area contributed by atoms with Crippen LogP contribution in [0.15, 0.2) is 24.3 Å². The van der Waals surface area contributed by atoms with Crippen LogP contribution in [0.4, 0.5) is 0 Å². The van der Waals surface area contributed by atoms with E-state index in [1.165, 1.54) is 17.8 Å². The number of thiophene rings is 1. The minimum atomic E-state index is -0.550. The fourth-order valence-electron chi connectivity index (χ4n) is 3.38. The van der Waals surface area contributed by atoms with Crippen molar-refractivity contribution in [2.24, 2.45) is 11.8 Å². The molecule has 6 heteroatoms. The second-order valence-electron chi connectivity index (χ2n) is 6.76. The molecule has 1 amide bonds. The predicted octanol–water partition coefficient (Wildman–Crippen LogP) is 4.65. The molecule has 2 aromatic rings. The molecule has 1 aliphatic carbocycles. The number of benzene rings is 1. The molecule has 0 spiro atoms. The van der Waals surface area contributed by atoms with Gasteiger partial charge >= 0.3 is 5.97 Å². The van der Waals surface area contributed by atoms with E-state index in [4.69, 9.17) is 16.3 Å². The van der Waals surface area contributed by atoms with Crippen LogP contribution < -0.4 is 5.32 Å². The molecule has 1 saturated carbocycles. The Morgan fingerprint density at radius 1 is 1.28 bits per heavy atom. The van der Waals surface area contributed by atoms with Gasteiger partial charge in [-0.1, -0.05) is 56.5 Å². The summed E-state index contributed by atoms with van der Waals surface area (Å²) in [5, 5.41) is 4.22. The Labute approximate surface area is 156 Å². The molecule has 0 saturated heterocycles. The minimum absolute atomic E-state index is 0.155. The lowest BCUT2D eigenvalue weighted by Crippen LogP contribution is -2.45. The van der Waals surface area contributed by atoms with Gasteiger partial charge in [0.05, 0.1) is 5.02 Å². The van der Waals surface area contributed by atoms with E-state index in [0.29, 0.717) is 21.7 Å². The molecule has 0 radical (unpaired) electrons. The molecule has 3 rings (SSSR count). The van der Waals surface area contributed by atoms with Gasteiger partial charge in [0.25, 0.3) is 5.91 Å². The lowest BCUT2D eigenvalue weighted by Gasteiger charge is -2.34. The van der Waals surface area contributed by atoms with Crippen molar-refractivity contribution in [1.29, 1.82) is 0 Å². The summed E-state index contributed by atoms with van der Waals surface area (Å²) in [6.07, 6.45) is 3.30. The average Bonchev–Trinajstić information content (AvgIpc) is 2.94. The van der Waals surface area contributed by atoms with Crippen molar-refractivity contribution in [3.8, 4) is 0 Å². The molecule has 1 aromatic carbocycles. The quantitative estimate of drug-likeness (QED) is 0.786. The highest BCUT2D eigenvalue weighted by molar-refractivity contribution is 7.21. The van der Waals surface area contributed by atoms with E-state index in [0.717, 1.165) is 22.9 Å². The van der Waals surface area contributed by atoms with Crippen LogP contribution in [0.25, 0.3) is 10.1 Å². The van der Waals surface area contributed by atoms with E-state index >= 15 is 0 Å². The summed E-state index contributed by atoms with van der Waals surface area (Å²) in [5.74, 6) is 0.229. The smallest absolute Gasteiger partial charge is 0.350 e. The number of hydrogen-bond acceptors (Lipinski definition) is 4. The SMILES string of the molecule is C[C@H]1[C@H](C)CCC[C@@H]1NC(=O)COC(=O)c1sc2ccccc2c1Cl. The first-order chi connectivity index (χ1) is 12.0. The molecule has 1 fully saturated rings. The second kappa shape index (κ2) is 7.75. The van der Waals surface area contributed by atoms with Crippen LogP contribution in [0.2, 0.25) is 5.02 Å². The molecule has 25 heavy (non-hydrogen) atoms. The van der Waals surface area contributed by atoms with E-state index in [2.05, 4.69) is 19.2 Å². The Bertz CT molecular complexity index is 788. The van der Waals surface area contributed by atoms with Crippen molar-refractivity contribution in [3.63, 3.8) is 0 Å². The van der Waals surface area contributed by atoms with E-state index in [1.54, 1.807) is 0 Å². The number of fused-ring (bicyclic) bond motifs is 1. The molecule has 1 heterocycles. The zero-order valence-corrected chi connectivity index (χ0v) is 16.0. The molecular formula is C19H22ClNO3S. The first-order valence-electron chi connectivity index (χ1n) is 8.61. The summed E-state index contributed by atoms with van der Waals surface area (Å²) < 4.78 is 6.10. The number of hydrogen-bond donors (Lipinski definition) is 1. The van der Waals surface area contributed by atoms with Crippen molar-refractivity contribution < 1.29 is 14.3 Å². The van der Waals surface area contributed by atoms with Gasteiger partial charge in [0, 0.05) is 16.1 Å². The number of ether oxygens (including phenoxy) is 1. The van der Waals surface area contributed by atoms with E-state index < -0.39 is 5.97 Å². The molecule has 4 nitrogen and oxygen atoms in total. The van der Waals surface area contributed by atoms with Gasteiger partial charge in [-0.3, -0.25) is 4.79 Å². The van der Waals surface area contributed by atoms with Crippen molar-refractivity contribution in [3.05, 3.63) is 34.2 Å². The lowest BCUT2D eigenvalue weighted by atomic mass is 9.78. The van der Waals surface area contributed by atoms with E-state index in [-0.39, 0.29) is 18.6 Å². The van der Waals surface area contributed by atoms with Gasteiger partial charge in [-0.25, -0.2) is 4.79 Å². The molecule has 3 atom stereocenters. The molecule has 0 bridgehead atoms. The molecule has 0 unspecified atom stereocenters. The van der Waals surface area contributed by atoms with Gasteiger partial charge in [-0.05, 0) is 24.3 Å². The molecule has 0 aliphatic heterocycles. The average molecular weight is 380 g/mol. The fourth-order valence-corrected chi connectivity index (χ4v) is 4.78. The Kier molecular flexibility index (Phi) is 5.64. The Morgan fingerprint density at radius 2 is 2.04 bits per heavy atom. The maximum absolute atomic E-state index is 12.3. The monoisotopic (exact) mass is 379 g/mol. The van der Waals surface area contributed by atoms with Crippen LogP contribution in [0.1, 0.15) is 42.8 Å². The number of carbonyl (C=O) groups excluding carboxylic acids is 2. The van der Waals surface area contributed by atoms with Crippen molar-refractivity contribution in [2.75, 3.05) is 6.61 Å². The number of halogens is 1. The third kappa shape index (κ3) is 3.98. The standard InChI is InChI=1S/C19H22ClNO3S/c1-11-6-5-8-14(12(11)2)21-16(22)10-24-19(23)18-17(20)13-7-3-4-9-15(13)25-18/h3-4,7,9,11-12,14H,5-6,8,10H2,1-2H3,(H,21,22)/t11-,12+,14+/m1/s1. The molecule has 1 aromatic heterocycles. The fraction of sp³-hybridized carbons (Fsp3) is 0.474. The van der Waals surface area contributed by atoms with E-state index in [9.17, 15) is 9.59 Å². The number of carbonyl (C=O) groups is 2. The van der Waals surface area contributed by atoms with Crippen LogP contribution in [-0.2, 0) is 9.53 Å².